The summed E-state index contributed by atoms with van der Waals surface area (Å²) in [6.45, 7) is 8.73. The number of allylic oxidation sites excluding steroid dienone is 1. The van der Waals surface area contributed by atoms with Crippen molar-refractivity contribution >= 4 is 6.03 Å². The van der Waals surface area contributed by atoms with E-state index in [1.165, 1.54) is 0 Å². The summed E-state index contributed by atoms with van der Waals surface area (Å²) >= 11 is 0. The largest absolute Gasteiger partial charge is 0.387 e. The van der Waals surface area contributed by atoms with E-state index in [1.807, 2.05) is 6.92 Å². The first-order valence-electron chi connectivity index (χ1n) is 4.12. The van der Waals surface area contributed by atoms with Crippen LogP contribution >= 0.6 is 0 Å². The summed E-state index contributed by atoms with van der Waals surface area (Å²) in [5.74, 6) is 0. The number of nitrogens with one attached hydrogen (secondary N) is 2. The summed E-state index contributed by atoms with van der Waals surface area (Å²) in [5.41, 5.74) is 0.939. The standard InChI is InChI=1S/C8H15N3O/c1-7(2)9-3-5-11-6-4-10-8(11)12/h9H,1,3-6H2,2H3,(H,10,12). The summed E-state index contributed by atoms with van der Waals surface area (Å²) in [6, 6.07) is 0.0403. The minimum Gasteiger partial charge on any atom is -0.387 e. The maximum Gasteiger partial charge on any atom is 0.317 e. The third-order valence-electron chi connectivity index (χ3n) is 1.75. The van der Waals surface area contributed by atoms with Crippen molar-refractivity contribution in [3.8, 4) is 0 Å². The van der Waals surface area contributed by atoms with Crippen LogP contribution in [0.4, 0.5) is 4.79 Å². The van der Waals surface area contributed by atoms with Gasteiger partial charge in [0.1, 0.15) is 0 Å². The van der Waals surface area contributed by atoms with Crippen LogP contribution in [0.1, 0.15) is 6.92 Å². The average Bonchev–Trinajstić information content (AvgIpc) is 2.36. The van der Waals surface area contributed by atoms with Crippen molar-refractivity contribution in [3.63, 3.8) is 0 Å². The van der Waals surface area contributed by atoms with E-state index in [0.717, 1.165) is 31.9 Å². The zero-order valence-electron chi connectivity index (χ0n) is 7.39. The molecule has 1 heterocycles. The summed E-state index contributed by atoms with van der Waals surface area (Å²) in [5, 5.41) is 5.82. The average molecular weight is 169 g/mol. The summed E-state index contributed by atoms with van der Waals surface area (Å²) in [7, 11) is 0. The Kier molecular flexibility index (Phi) is 2.96. The fourth-order valence-corrected chi connectivity index (χ4v) is 1.13. The lowest BCUT2D eigenvalue weighted by Crippen LogP contribution is -2.34. The number of carbonyl (C=O) groups excluding carboxylic acids is 1. The van der Waals surface area contributed by atoms with Crippen molar-refractivity contribution < 1.29 is 4.79 Å². The van der Waals surface area contributed by atoms with Crippen LogP contribution in [0.2, 0.25) is 0 Å². The van der Waals surface area contributed by atoms with Gasteiger partial charge in [-0.15, -0.1) is 0 Å². The highest BCUT2D eigenvalue weighted by atomic mass is 16.2. The maximum atomic E-state index is 11.0. The first-order chi connectivity index (χ1) is 5.70. The van der Waals surface area contributed by atoms with Crippen molar-refractivity contribution in [2.45, 2.75) is 6.92 Å². The molecule has 0 unspecified atom stereocenters. The van der Waals surface area contributed by atoms with E-state index in [1.54, 1.807) is 4.90 Å². The van der Waals surface area contributed by atoms with Crippen LogP contribution in [0.5, 0.6) is 0 Å². The Bertz CT molecular complexity index is 191. The molecule has 0 saturated carbocycles. The van der Waals surface area contributed by atoms with Gasteiger partial charge in [-0.2, -0.15) is 0 Å². The number of urea groups is 1. The molecular formula is C8H15N3O. The SMILES string of the molecule is C=C(C)NCCN1CCNC1=O. The maximum absolute atomic E-state index is 11.0. The third kappa shape index (κ3) is 2.45. The minimum atomic E-state index is 0.0403. The highest BCUT2D eigenvalue weighted by molar-refractivity contribution is 5.76. The molecule has 0 radical (unpaired) electrons. The van der Waals surface area contributed by atoms with Gasteiger partial charge in [0.2, 0.25) is 0 Å². The zero-order valence-corrected chi connectivity index (χ0v) is 7.39. The quantitative estimate of drug-likeness (QED) is 0.628. The van der Waals surface area contributed by atoms with Gasteiger partial charge in [-0.25, -0.2) is 4.79 Å². The van der Waals surface area contributed by atoms with Crippen molar-refractivity contribution in [1.82, 2.24) is 15.5 Å². The predicted molar refractivity (Wildman–Crippen MR) is 47.8 cm³/mol. The van der Waals surface area contributed by atoms with E-state index >= 15 is 0 Å². The van der Waals surface area contributed by atoms with Crippen LogP contribution in [0.15, 0.2) is 12.3 Å². The van der Waals surface area contributed by atoms with Gasteiger partial charge in [0.15, 0.2) is 0 Å². The summed E-state index contributed by atoms with van der Waals surface area (Å²) < 4.78 is 0. The lowest BCUT2D eigenvalue weighted by atomic mass is 10.5. The lowest BCUT2D eigenvalue weighted by molar-refractivity contribution is 0.218. The Balaban J connectivity index is 2.14. The summed E-state index contributed by atoms with van der Waals surface area (Å²) in [4.78, 5) is 12.8. The Morgan fingerprint density at radius 1 is 1.83 bits per heavy atom. The molecule has 1 fully saturated rings. The van der Waals surface area contributed by atoms with E-state index < -0.39 is 0 Å². The molecule has 2 N–H and O–H groups in total. The Hall–Kier alpha value is -1.19. The van der Waals surface area contributed by atoms with E-state index in [2.05, 4.69) is 17.2 Å². The van der Waals surface area contributed by atoms with Crippen molar-refractivity contribution in [3.05, 3.63) is 12.3 Å². The van der Waals surface area contributed by atoms with Gasteiger partial charge < -0.3 is 15.5 Å². The van der Waals surface area contributed by atoms with Crippen LogP contribution in [-0.4, -0.2) is 37.1 Å². The van der Waals surface area contributed by atoms with Crippen molar-refractivity contribution in [2.75, 3.05) is 26.2 Å². The molecule has 1 aliphatic rings. The molecule has 1 rings (SSSR count). The van der Waals surface area contributed by atoms with E-state index in [-0.39, 0.29) is 6.03 Å². The first kappa shape index (κ1) is 8.90. The molecule has 0 bridgehead atoms. The highest BCUT2D eigenvalue weighted by Crippen LogP contribution is 1.94. The molecule has 68 valence electrons. The molecule has 1 saturated heterocycles. The Labute approximate surface area is 72.6 Å². The van der Waals surface area contributed by atoms with Crippen LogP contribution in [-0.2, 0) is 0 Å². The molecular weight excluding hydrogens is 154 g/mol. The number of hydrogen-bond donors (Lipinski definition) is 2. The molecule has 0 aromatic rings. The van der Waals surface area contributed by atoms with Crippen LogP contribution in [0.3, 0.4) is 0 Å². The number of nitrogens with zero attached hydrogens (tertiary/aromatic N) is 1. The molecule has 0 aliphatic carbocycles. The van der Waals surface area contributed by atoms with Gasteiger partial charge >= 0.3 is 6.03 Å². The number of amides is 2. The van der Waals surface area contributed by atoms with Gasteiger partial charge in [-0.1, -0.05) is 6.58 Å². The highest BCUT2D eigenvalue weighted by Gasteiger charge is 2.17. The molecule has 4 heteroatoms. The smallest absolute Gasteiger partial charge is 0.317 e. The molecule has 0 aromatic heterocycles. The second-order valence-corrected chi connectivity index (χ2v) is 2.93. The molecule has 1 aliphatic heterocycles. The van der Waals surface area contributed by atoms with Crippen molar-refractivity contribution in [2.24, 2.45) is 0 Å². The number of rotatable bonds is 4. The number of hydrogen-bond acceptors (Lipinski definition) is 2. The van der Waals surface area contributed by atoms with Gasteiger partial charge in [0, 0.05) is 31.9 Å². The first-order valence-corrected chi connectivity index (χ1v) is 4.12. The van der Waals surface area contributed by atoms with Gasteiger partial charge in [0.25, 0.3) is 0 Å². The molecule has 0 spiro atoms. The van der Waals surface area contributed by atoms with Gasteiger partial charge in [-0.05, 0) is 6.92 Å². The zero-order chi connectivity index (χ0) is 8.97. The minimum absolute atomic E-state index is 0.0403. The predicted octanol–water partition coefficient (Wildman–Crippen LogP) is 0.135. The second-order valence-electron chi connectivity index (χ2n) is 2.93. The molecule has 2 amide bonds. The van der Waals surface area contributed by atoms with Gasteiger partial charge in [-0.3, -0.25) is 0 Å². The Morgan fingerprint density at radius 3 is 3.08 bits per heavy atom. The Morgan fingerprint density at radius 2 is 2.58 bits per heavy atom. The third-order valence-corrected chi connectivity index (χ3v) is 1.75. The normalized spacial score (nSPS) is 16.1. The van der Waals surface area contributed by atoms with E-state index in [4.69, 9.17) is 0 Å². The lowest BCUT2D eigenvalue weighted by Gasteiger charge is -2.14. The van der Waals surface area contributed by atoms with Crippen LogP contribution < -0.4 is 10.6 Å². The molecule has 0 atom stereocenters. The topological polar surface area (TPSA) is 44.4 Å². The fraction of sp³-hybridized carbons (Fsp3) is 0.625. The molecule has 0 aromatic carbocycles. The monoisotopic (exact) mass is 169 g/mol. The second kappa shape index (κ2) is 3.99. The van der Waals surface area contributed by atoms with E-state index in [9.17, 15) is 4.79 Å². The number of carbonyl (C=O) groups is 1. The fourth-order valence-electron chi connectivity index (χ4n) is 1.13. The van der Waals surface area contributed by atoms with Crippen LogP contribution in [0.25, 0.3) is 0 Å². The van der Waals surface area contributed by atoms with Crippen LogP contribution in [0, 0.1) is 0 Å². The summed E-state index contributed by atoms with van der Waals surface area (Å²) in [6.07, 6.45) is 0. The molecule has 4 nitrogen and oxygen atoms in total. The van der Waals surface area contributed by atoms with Gasteiger partial charge in [0.05, 0.1) is 0 Å². The molecule has 12 heavy (non-hydrogen) atoms. The van der Waals surface area contributed by atoms with Crippen molar-refractivity contribution in [1.29, 1.82) is 0 Å². The van der Waals surface area contributed by atoms with E-state index in [0.29, 0.717) is 0 Å².